The minimum absolute atomic E-state index is 0.0332. The SMILES string of the molecule is CC(C)C(C=NNc1ccc([N+](=O)[O-])cc1[N+](=O)[O-])c1ccccc1. The Morgan fingerprint density at radius 3 is 2.28 bits per heavy atom. The lowest BCUT2D eigenvalue weighted by atomic mass is 9.90. The fourth-order valence-corrected chi connectivity index (χ4v) is 2.38. The average Bonchev–Trinajstić information content (AvgIpc) is 2.58. The quantitative estimate of drug-likeness (QED) is 0.457. The second kappa shape index (κ2) is 8.00. The van der Waals surface area contributed by atoms with Crippen molar-refractivity contribution in [3.05, 3.63) is 74.3 Å². The van der Waals surface area contributed by atoms with Gasteiger partial charge >= 0.3 is 5.69 Å². The number of anilines is 1. The standard InChI is InChI=1S/C17H18N4O4/c1-12(2)15(13-6-4-3-5-7-13)11-18-19-16-9-8-14(20(22)23)10-17(16)21(24)25/h3-12,15,19H,1-2H3. The maximum atomic E-state index is 11.1. The fraction of sp³-hybridized carbons (Fsp3) is 0.235. The van der Waals surface area contributed by atoms with Gasteiger partial charge < -0.3 is 0 Å². The Hall–Kier alpha value is -3.29. The molecule has 0 saturated heterocycles. The van der Waals surface area contributed by atoms with Gasteiger partial charge in [-0.25, -0.2) is 0 Å². The van der Waals surface area contributed by atoms with Gasteiger partial charge in [-0.05, 0) is 17.5 Å². The molecule has 0 aliphatic heterocycles. The molecule has 0 bridgehead atoms. The van der Waals surface area contributed by atoms with Crippen molar-refractivity contribution in [1.29, 1.82) is 0 Å². The van der Waals surface area contributed by atoms with Gasteiger partial charge in [-0.3, -0.25) is 25.7 Å². The van der Waals surface area contributed by atoms with E-state index in [1.54, 1.807) is 6.21 Å². The summed E-state index contributed by atoms with van der Waals surface area (Å²) in [5.41, 5.74) is 3.07. The summed E-state index contributed by atoms with van der Waals surface area (Å²) in [6, 6.07) is 13.2. The molecule has 1 unspecified atom stereocenters. The van der Waals surface area contributed by atoms with Crippen LogP contribution in [-0.4, -0.2) is 16.1 Å². The highest BCUT2D eigenvalue weighted by atomic mass is 16.6. The monoisotopic (exact) mass is 342 g/mol. The van der Waals surface area contributed by atoms with Gasteiger partial charge in [0.05, 0.1) is 15.9 Å². The summed E-state index contributed by atoms with van der Waals surface area (Å²) in [5, 5.41) is 26.0. The van der Waals surface area contributed by atoms with Gasteiger partial charge in [-0.2, -0.15) is 5.10 Å². The lowest BCUT2D eigenvalue weighted by Crippen LogP contribution is -2.09. The second-order valence-electron chi connectivity index (χ2n) is 5.79. The normalized spacial score (nSPS) is 12.3. The lowest BCUT2D eigenvalue weighted by Gasteiger charge is -2.16. The van der Waals surface area contributed by atoms with Crippen molar-refractivity contribution in [3.8, 4) is 0 Å². The summed E-state index contributed by atoms with van der Waals surface area (Å²) < 4.78 is 0. The van der Waals surface area contributed by atoms with E-state index < -0.39 is 15.5 Å². The van der Waals surface area contributed by atoms with Crippen molar-refractivity contribution < 1.29 is 9.85 Å². The summed E-state index contributed by atoms with van der Waals surface area (Å²) >= 11 is 0. The molecule has 0 spiro atoms. The lowest BCUT2D eigenvalue weighted by molar-refractivity contribution is -0.393. The Kier molecular flexibility index (Phi) is 5.78. The first-order chi connectivity index (χ1) is 11.9. The van der Waals surface area contributed by atoms with Crippen molar-refractivity contribution in [2.24, 2.45) is 11.0 Å². The predicted molar refractivity (Wildman–Crippen MR) is 95.9 cm³/mol. The molecule has 2 aromatic carbocycles. The van der Waals surface area contributed by atoms with E-state index in [9.17, 15) is 20.2 Å². The van der Waals surface area contributed by atoms with E-state index in [2.05, 4.69) is 24.4 Å². The number of rotatable bonds is 7. The van der Waals surface area contributed by atoms with Crippen LogP contribution < -0.4 is 5.43 Å². The predicted octanol–water partition coefficient (Wildman–Crippen LogP) is 4.34. The average molecular weight is 342 g/mol. The molecule has 0 heterocycles. The van der Waals surface area contributed by atoms with Gasteiger partial charge in [-0.1, -0.05) is 44.2 Å². The third-order valence-electron chi connectivity index (χ3n) is 3.71. The highest BCUT2D eigenvalue weighted by molar-refractivity contribution is 5.71. The molecule has 2 rings (SSSR count). The van der Waals surface area contributed by atoms with Gasteiger partial charge in [0.1, 0.15) is 5.69 Å². The number of nitrogens with one attached hydrogen (secondary N) is 1. The summed E-state index contributed by atoms with van der Waals surface area (Å²) in [7, 11) is 0. The molecule has 0 amide bonds. The molecule has 1 atom stereocenters. The van der Waals surface area contributed by atoms with Crippen LogP contribution in [0, 0.1) is 26.1 Å². The van der Waals surface area contributed by atoms with Crippen LogP contribution in [0.25, 0.3) is 0 Å². The van der Waals surface area contributed by atoms with Crippen LogP contribution in [0.15, 0.2) is 53.6 Å². The Balaban J connectivity index is 2.23. The molecule has 0 fully saturated rings. The molecule has 0 saturated carbocycles. The zero-order valence-corrected chi connectivity index (χ0v) is 13.8. The second-order valence-corrected chi connectivity index (χ2v) is 5.79. The molecule has 2 aromatic rings. The van der Waals surface area contributed by atoms with Crippen molar-refractivity contribution in [2.75, 3.05) is 5.43 Å². The van der Waals surface area contributed by atoms with E-state index >= 15 is 0 Å². The molecule has 25 heavy (non-hydrogen) atoms. The Morgan fingerprint density at radius 2 is 1.72 bits per heavy atom. The van der Waals surface area contributed by atoms with E-state index in [-0.39, 0.29) is 23.2 Å². The Labute approximate surface area is 144 Å². The van der Waals surface area contributed by atoms with Gasteiger partial charge in [0.15, 0.2) is 0 Å². The minimum Gasteiger partial charge on any atom is -0.272 e. The first-order valence-corrected chi connectivity index (χ1v) is 7.67. The van der Waals surface area contributed by atoms with E-state index in [1.807, 2.05) is 30.3 Å². The number of hydrazone groups is 1. The van der Waals surface area contributed by atoms with E-state index in [0.717, 1.165) is 11.6 Å². The van der Waals surface area contributed by atoms with Crippen molar-refractivity contribution >= 4 is 23.3 Å². The van der Waals surface area contributed by atoms with Crippen LogP contribution in [0.5, 0.6) is 0 Å². The summed E-state index contributed by atoms with van der Waals surface area (Å²) in [6.45, 7) is 4.11. The first-order valence-electron chi connectivity index (χ1n) is 7.67. The van der Waals surface area contributed by atoms with E-state index in [0.29, 0.717) is 0 Å². The number of hydrogen-bond acceptors (Lipinski definition) is 6. The summed E-state index contributed by atoms with van der Waals surface area (Å²) in [6.07, 6.45) is 1.69. The molecule has 0 radical (unpaired) electrons. The molecule has 130 valence electrons. The number of nitrogens with zero attached hydrogens (tertiary/aromatic N) is 3. The molecular weight excluding hydrogens is 324 g/mol. The molecule has 0 aliphatic carbocycles. The molecule has 0 aromatic heterocycles. The highest BCUT2D eigenvalue weighted by Crippen LogP contribution is 2.29. The highest BCUT2D eigenvalue weighted by Gasteiger charge is 2.19. The van der Waals surface area contributed by atoms with Crippen molar-refractivity contribution in [2.45, 2.75) is 19.8 Å². The Bertz CT molecular complexity index is 790. The Morgan fingerprint density at radius 1 is 1.04 bits per heavy atom. The van der Waals surface area contributed by atoms with Crippen LogP contribution in [0.2, 0.25) is 0 Å². The topological polar surface area (TPSA) is 111 Å². The largest absolute Gasteiger partial charge is 0.301 e. The third-order valence-corrected chi connectivity index (χ3v) is 3.71. The first kappa shape index (κ1) is 18.1. The van der Waals surface area contributed by atoms with Crippen LogP contribution in [0.1, 0.15) is 25.3 Å². The van der Waals surface area contributed by atoms with E-state index in [4.69, 9.17) is 0 Å². The molecule has 8 nitrogen and oxygen atoms in total. The smallest absolute Gasteiger partial charge is 0.272 e. The summed E-state index contributed by atoms with van der Waals surface area (Å²) in [5.74, 6) is 0.311. The maximum Gasteiger partial charge on any atom is 0.301 e. The third kappa shape index (κ3) is 4.60. The number of nitro groups is 2. The van der Waals surface area contributed by atoms with Crippen LogP contribution in [-0.2, 0) is 0 Å². The van der Waals surface area contributed by atoms with Crippen LogP contribution in [0.4, 0.5) is 17.1 Å². The van der Waals surface area contributed by atoms with Crippen LogP contribution >= 0.6 is 0 Å². The van der Waals surface area contributed by atoms with Gasteiger partial charge in [0, 0.05) is 18.2 Å². The zero-order chi connectivity index (χ0) is 18.4. The molecule has 0 aliphatic rings. The van der Waals surface area contributed by atoms with Crippen molar-refractivity contribution in [3.63, 3.8) is 0 Å². The van der Waals surface area contributed by atoms with Crippen LogP contribution in [0.3, 0.4) is 0 Å². The zero-order valence-electron chi connectivity index (χ0n) is 13.8. The number of benzene rings is 2. The maximum absolute atomic E-state index is 11.1. The van der Waals surface area contributed by atoms with E-state index in [1.165, 1.54) is 12.1 Å². The molecule has 1 N–H and O–H groups in total. The summed E-state index contributed by atoms with van der Waals surface area (Å²) in [4.78, 5) is 20.5. The fourth-order valence-electron chi connectivity index (χ4n) is 2.38. The number of nitro benzene ring substituents is 2. The van der Waals surface area contributed by atoms with Crippen molar-refractivity contribution in [1.82, 2.24) is 0 Å². The molecule has 8 heteroatoms. The molecular formula is C17H18N4O4. The van der Waals surface area contributed by atoms with Gasteiger partial charge in [0.25, 0.3) is 5.69 Å². The minimum atomic E-state index is -0.679. The number of hydrogen-bond donors (Lipinski definition) is 1. The van der Waals surface area contributed by atoms with Gasteiger partial charge in [-0.15, -0.1) is 0 Å². The van der Waals surface area contributed by atoms with Gasteiger partial charge in [0.2, 0.25) is 0 Å². The number of non-ortho nitro benzene ring substituents is 1.